The number of esters is 1. The molecule has 2 aromatic rings. The highest BCUT2D eigenvalue weighted by molar-refractivity contribution is 7.20. The molecule has 1 amide bonds. The molecule has 1 atom stereocenters. The van der Waals surface area contributed by atoms with E-state index in [0.29, 0.717) is 20.7 Å². The molecule has 0 fully saturated rings. The molecule has 0 aliphatic heterocycles. The number of nitrogens with two attached hydrogens (primary N) is 1. The Kier molecular flexibility index (Phi) is 5.52. The van der Waals surface area contributed by atoms with Crippen LogP contribution in [-0.4, -0.2) is 45.1 Å². The number of aryl methyl sites for hydroxylation is 1. The Morgan fingerprint density at radius 1 is 1.36 bits per heavy atom. The predicted molar refractivity (Wildman–Crippen MR) is 91.6 cm³/mol. The number of carboxylic acids is 1. The van der Waals surface area contributed by atoms with E-state index in [1.165, 1.54) is 6.33 Å². The zero-order valence-corrected chi connectivity index (χ0v) is 14.7. The van der Waals surface area contributed by atoms with Crippen LogP contribution in [-0.2, 0) is 14.3 Å². The SMILES string of the molecule is Cc1c(C(=O)OC(C)C)sc2ncnc(NC(CC(N)=O)C(=O)O)c12. The molecule has 9 nitrogen and oxygen atoms in total. The van der Waals surface area contributed by atoms with Crippen molar-refractivity contribution >= 4 is 45.2 Å². The number of fused-ring (bicyclic) bond motifs is 1. The van der Waals surface area contributed by atoms with Gasteiger partial charge in [0.25, 0.3) is 0 Å². The Morgan fingerprint density at radius 2 is 2.04 bits per heavy atom. The van der Waals surface area contributed by atoms with E-state index in [9.17, 15) is 19.5 Å². The van der Waals surface area contributed by atoms with Crippen LogP contribution in [0.3, 0.4) is 0 Å². The van der Waals surface area contributed by atoms with Crippen molar-refractivity contribution in [2.45, 2.75) is 39.3 Å². The predicted octanol–water partition coefficient (Wildman–Crippen LogP) is 1.31. The molecule has 10 heteroatoms. The highest BCUT2D eigenvalue weighted by Gasteiger charge is 2.25. The molecule has 0 aliphatic rings. The minimum Gasteiger partial charge on any atom is -0.480 e. The van der Waals surface area contributed by atoms with E-state index in [4.69, 9.17) is 10.5 Å². The van der Waals surface area contributed by atoms with Gasteiger partial charge in [-0.1, -0.05) is 0 Å². The first-order valence-electron chi connectivity index (χ1n) is 7.43. The van der Waals surface area contributed by atoms with Gasteiger partial charge in [0.2, 0.25) is 5.91 Å². The summed E-state index contributed by atoms with van der Waals surface area (Å²) < 4.78 is 5.21. The summed E-state index contributed by atoms with van der Waals surface area (Å²) in [5, 5.41) is 12.4. The number of nitrogens with zero attached hydrogens (tertiary/aromatic N) is 2. The molecular formula is C15H18N4O5S. The molecule has 0 aliphatic carbocycles. The Bertz CT molecular complexity index is 833. The van der Waals surface area contributed by atoms with Crippen LogP contribution in [0, 0.1) is 6.92 Å². The van der Waals surface area contributed by atoms with Crippen molar-refractivity contribution in [3.63, 3.8) is 0 Å². The number of hydrogen-bond donors (Lipinski definition) is 3. The van der Waals surface area contributed by atoms with E-state index < -0.39 is 30.3 Å². The topological polar surface area (TPSA) is 144 Å². The number of ether oxygens (including phenoxy) is 1. The number of primary amides is 1. The van der Waals surface area contributed by atoms with Crippen LogP contribution < -0.4 is 11.1 Å². The molecule has 134 valence electrons. The third-order valence-corrected chi connectivity index (χ3v) is 4.45. The molecule has 1 unspecified atom stereocenters. The second kappa shape index (κ2) is 7.43. The summed E-state index contributed by atoms with van der Waals surface area (Å²) in [4.78, 5) is 43.6. The molecular weight excluding hydrogens is 348 g/mol. The van der Waals surface area contributed by atoms with Gasteiger partial charge in [0.1, 0.15) is 27.9 Å². The number of nitrogens with one attached hydrogen (secondary N) is 1. The second-order valence-electron chi connectivity index (χ2n) is 5.62. The average Bonchev–Trinajstić information content (AvgIpc) is 2.83. The standard InChI is InChI=1S/C15H18N4O5S/c1-6(2)24-15(23)11-7(3)10-12(17-5-18-13(10)25-11)19-8(14(21)22)4-9(16)20/h5-6,8H,4H2,1-3H3,(H2,16,20)(H,21,22)(H,17,18,19). The highest BCUT2D eigenvalue weighted by atomic mass is 32.1. The van der Waals surface area contributed by atoms with Gasteiger partial charge in [-0.3, -0.25) is 4.79 Å². The van der Waals surface area contributed by atoms with E-state index in [1.807, 2.05) is 0 Å². The molecule has 0 saturated heterocycles. The number of rotatable bonds is 7. The van der Waals surface area contributed by atoms with Crippen LogP contribution in [0.4, 0.5) is 5.82 Å². The van der Waals surface area contributed by atoms with E-state index in [-0.39, 0.29) is 11.9 Å². The molecule has 0 radical (unpaired) electrons. The molecule has 2 heterocycles. The van der Waals surface area contributed by atoms with Gasteiger partial charge in [0.05, 0.1) is 17.9 Å². The molecule has 25 heavy (non-hydrogen) atoms. The summed E-state index contributed by atoms with van der Waals surface area (Å²) in [5.74, 6) is -2.25. The zero-order valence-electron chi connectivity index (χ0n) is 13.9. The molecule has 0 saturated carbocycles. The van der Waals surface area contributed by atoms with E-state index in [2.05, 4.69) is 15.3 Å². The van der Waals surface area contributed by atoms with Gasteiger partial charge < -0.3 is 20.9 Å². The fraction of sp³-hybridized carbons (Fsp3) is 0.400. The lowest BCUT2D eigenvalue weighted by Gasteiger charge is -2.14. The zero-order chi connectivity index (χ0) is 18.7. The summed E-state index contributed by atoms with van der Waals surface area (Å²) in [6, 6.07) is -1.24. The maximum atomic E-state index is 12.2. The largest absolute Gasteiger partial charge is 0.480 e. The fourth-order valence-electron chi connectivity index (χ4n) is 2.21. The summed E-state index contributed by atoms with van der Waals surface area (Å²) in [6.07, 6.45) is 0.584. The monoisotopic (exact) mass is 366 g/mol. The average molecular weight is 366 g/mol. The Hall–Kier alpha value is -2.75. The highest BCUT2D eigenvalue weighted by Crippen LogP contribution is 2.34. The Balaban J connectivity index is 2.44. The normalized spacial score (nSPS) is 12.2. The van der Waals surface area contributed by atoms with Crippen molar-refractivity contribution in [3.8, 4) is 0 Å². The van der Waals surface area contributed by atoms with Gasteiger partial charge in [-0.2, -0.15) is 0 Å². The number of aromatic nitrogens is 2. The smallest absolute Gasteiger partial charge is 0.348 e. The van der Waals surface area contributed by atoms with Gasteiger partial charge in [0.15, 0.2) is 0 Å². The van der Waals surface area contributed by atoms with Crippen molar-refractivity contribution in [2.75, 3.05) is 5.32 Å². The second-order valence-corrected chi connectivity index (χ2v) is 6.62. The van der Waals surface area contributed by atoms with Gasteiger partial charge in [-0.15, -0.1) is 11.3 Å². The van der Waals surface area contributed by atoms with Gasteiger partial charge >= 0.3 is 11.9 Å². The van der Waals surface area contributed by atoms with Crippen molar-refractivity contribution in [1.29, 1.82) is 0 Å². The van der Waals surface area contributed by atoms with Crippen molar-refractivity contribution in [2.24, 2.45) is 5.73 Å². The van der Waals surface area contributed by atoms with Crippen molar-refractivity contribution in [3.05, 3.63) is 16.8 Å². The van der Waals surface area contributed by atoms with E-state index >= 15 is 0 Å². The number of amides is 1. The van der Waals surface area contributed by atoms with Crippen molar-refractivity contribution in [1.82, 2.24) is 9.97 Å². The fourth-order valence-corrected chi connectivity index (χ4v) is 3.24. The maximum Gasteiger partial charge on any atom is 0.348 e. The van der Waals surface area contributed by atoms with E-state index in [0.717, 1.165) is 11.3 Å². The molecule has 4 N–H and O–H groups in total. The third kappa shape index (κ3) is 4.21. The number of carboxylic acid groups (broad SMARTS) is 1. The number of aliphatic carboxylic acids is 1. The summed E-state index contributed by atoms with van der Waals surface area (Å²) in [5.41, 5.74) is 5.66. The quantitative estimate of drug-likeness (QED) is 0.622. The van der Waals surface area contributed by atoms with Crippen molar-refractivity contribution < 1.29 is 24.2 Å². The van der Waals surface area contributed by atoms with E-state index in [1.54, 1.807) is 20.8 Å². The molecule has 0 aromatic carbocycles. The maximum absolute atomic E-state index is 12.2. The van der Waals surface area contributed by atoms with Crippen LogP contribution in [0.5, 0.6) is 0 Å². The van der Waals surface area contributed by atoms with Crippen LogP contribution in [0.25, 0.3) is 10.2 Å². The number of anilines is 1. The van der Waals surface area contributed by atoms with Crippen LogP contribution in [0.2, 0.25) is 0 Å². The van der Waals surface area contributed by atoms with Gasteiger partial charge in [-0.25, -0.2) is 19.6 Å². The van der Waals surface area contributed by atoms with Crippen LogP contribution >= 0.6 is 11.3 Å². The number of carbonyl (C=O) groups is 3. The lowest BCUT2D eigenvalue weighted by molar-refractivity contribution is -0.139. The molecule has 0 spiro atoms. The van der Waals surface area contributed by atoms with Gasteiger partial charge in [-0.05, 0) is 26.3 Å². The molecule has 0 bridgehead atoms. The molecule has 2 aromatic heterocycles. The van der Waals surface area contributed by atoms with Crippen LogP contribution in [0.1, 0.15) is 35.5 Å². The summed E-state index contributed by atoms with van der Waals surface area (Å²) in [7, 11) is 0. The number of carbonyl (C=O) groups excluding carboxylic acids is 2. The molecule has 2 rings (SSSR count). The summed E-state index contributed by atoms with van der Waals surface area (Å²) >= 11 is 1.13. The minimum atomic E-state index is -1.24. The minimum absolute atomic E-state index is 0.219. The summed E-state index contributed by atoms with van der Waals surface area (Å²) in [6.45, 7) is 5.19. The first-order valence-corrected chi connectivity index (χ1v) is 8.25. The first kappa shape index (κ1) is 18.6. The first-order chi connectivity index (χ1) is 11.7. The number of thiophene rings is 1. The lowest BCUT2D eigenvalue weighted by atomic mass is 10.1. The van der Waals surface area contributed by atoms with Crippen LogP contribution in [0.15, 0.2) is 6.33 Å². The Morgan fingerprint density at radius 3 is 2.60 bits per heavy atom. The van der Waals surface area contributed by atoms with Gasteiger partial charge in [0, 0.05) is 0 Å². The Labute approximate surface area is 147 Å². The lowest BCUT2D eigenvalue weighted by Crippen LogP contribution is -2.34. The number of hydrogen-bond acceptors (Lipinski definition) is 8. The third-order valence-electron chi connectivity index (χ3n) is 3.27.